The Morgan fingerprint density at radius 3 is 2.80 bits per heavy atom. The largest absolute Gasteiger partial charge is 0.469 e. The summed E-state index contributed by atoms with van der Waals surface area (Å²) in [5, 5.41) is 0. The fourth-order valence-corrected chi connectivity index (χ4v) is 1.83. The van der Waals surface area contributed by atoms with Crippen molar-refractivity contribution in [1.82, 2.24) is 4.90 Å². The molecule has 86 valence electrons. The Hall–Kier alpha value is -0.770. The number of esters is 1. The molecule has 0 bridgehead atoms. The normalized spacial score (nSPS) is 22.6. The summed E-state index contributed by atoms with van der Waals surface area (Å²) < 4.78 is 4.65. The number of rotatable bonds is 3. The monoisotopic (exact) mass is 233 g/mol. The standard InChI is InChI=1S/C10H16ClNO3/c1-7(5-11)9(13)12-4-3-8(6-12)10(14)15-2/h7-8H,3-6H2,1-2H3. The third kappa shape index (κ3) is 2.84. The van der Waals surface area contributed by atoms with Gasteiger partial charge in [-0.3, -0.25) is 9.59 Å². The molecule has 0 radical (unpaired) electrons. The van der Waals surface area contributed by atoms with E-state index in [9.17, 15) is 9.59 Å². The minimum Gasteiger partial charge on any atom is -0.469 e. The predicted molar refractivity (Wildman–Crippen MR) is 56.6 cm³/mol. The first-order valence-electron chi connectivity index (χ1n) is 5.02. The molecule has 1 fully saturated rings. The van der Waals surface area contributed by atoms with Gasteiger partial charge in [-0.05, 0) is 6.42 Å². The molecule has 4 nitrogen and oxygen atoms in total. The van der Waals surface area contributed by atoms with Crippen LogP contribution in [0.2, 0.25) is 0 Å². The maximum atomic E-state index is 11.7. The van der Waals surface area contributed by atoms with Crippen LogP contribution in [0.4, 0.5) is 0 Å². The summed E-state index contributed by atoms with van der Waals surface area (Å²) in [6.07, 6.45) is 0.688. The maximum absolute atomic E-state index is 11.7. The lowest BCUT2D eigenvalue weighted by Gasteiger charge is -2.19. The molecule has 1 aliphatic rings. The number of amides is 1. The van der Waals surface area contributed by atoms with Crippen LogP contribution in [0.15, 0.2) is 0 Å². The van der Waals surface area contributed by atoms with E-state index in [1.807, 2.05) is 0 Å². The zero-order valence-electron chi connectivity index (χ0n) is 9.03. The minimum atomic E-state index is -0.233. The molecule has 5 heteroatoms. The lowest BCUT2D eigenvalue weighted by Crippen LogP contribution is -2.34. The van der Waals surface area contributed by atoms with E-state index in [0.29, 0.717) is 25.4 Å². The summed E-state index contributed by atoms with van der Waals surface area (Å²) in [5.41, 5.74) is 0. The highest BCUT2D eigenvalue weighted by Crippen LogP contribution is 2.19. The topological polar surface area (TPSA) is 46.6 Å². The molecule has 15 heavy (non-hydrogen) atoms. The molecule has 1 amide bonds. The van der Waals surface area contributed by atoms with Gasteiger partial charge in [0.15, 0.2) is 0 Å². The van der Waals surface area contributed by atoms with E-state index < -0.39 is 0 Å². The number of methoxy groups -OCH3 is 1. The highest BCUT2D eigenvalue weighted by Gasteiger charge is 2.32. The summed E-state index contributed by atoms with van der Waals surface area (Å²) in [7, 11) is 1.37. The van der Waals surface area contributed by atoms with Crippen LogP contribution in [-0.2, 0) is 14.3 Å². The Kier molecular flexibility index (Phi) is 4.39. The Bertz CT molecular complexity index is 257. The van der Waals surface area contributed by atoms with Crippen LogP contribution in [0, 0.1) is 11.8 Å². The fourth-order valence-electron chi connectivity index (χ4n) is 1.70. The van der Waals surface area contributed by atoms with Gasteiger partial charge < -0.3 is 9.64 Å². The second-order valence-corrected chi connectivity index (χ2v) is 4.16. The van der Waals surface area contributed by atoms with Gasteiger partial charge in [0.1, 0.15) is 0 Å². The quantitative estimate of drug-likeness (QED) is 0.537. The van der Waals surface area contributed by atoms with Crippen molar-refractivity contribution in [1.29, 1.82) is 0 Å². The van der Waals surface area contributed by atoms with E-state index in [4.69, 9.17) is 11.6 Å². The second-order valence-electron chi connectivity index (χ2n) is 3.85. The number of carbonyl (C=O) groups excluding carboxylic acids is 2. The molecule has 0 aromatic carbocycles. The lowest BCUT2D eigenvalue weighted by molar-refractivity contribution is -0.145. The van der Waals surface area contributed by atoms with Crippen molar-refractivity contribution in [2.45, 2.75) is 13.3 Å². The van der Waals surface area contributed by atoms with Gasteiger partial charge in [-0.1, -0.05) is 6.92 Å². The molecule has 0 N–H and O–H groups in total. The van der Waals surface area contributed by atoms with E-state index in [0.717, 1.165) is 0 Å². The van der Waals surface area contributed by atoms with Crippen LogP contribution < -0.4 is 0 Å². The van der Waals surface area contributed by atoms with Crippen molar-refractivity contribution < 1.29 is 14.3 Å². The van der Waals surface area contributed by atoms with E-state index in [1.54, 1.807) is 11.8 Å². The third-order valence-electron chi connectivity index (χ3n) is 2.69. The molecule has 1 heterocycles. The van der Waals surface area contributed by atoms with Crippen LogP contribution in [0.1, 0.15) is 13.3 Å². The number of hydrogen-bond donors (Lipinski definition) is 0. The van der Waals surface area contributed by atoms with E-state index >= 15 is 0 Å². The number of halogens is 1. The van der Waals surface area contributed by atoms with Gasteiger partial charge in [-0.2, -0.15) is 0 Å². The average molecular weight is 234 g/mol. The number of hydrogen-bond acceptors (Lipinski definition) is 3. The summed E-state index contributed by atoms with van der Waals surface area (Å²) in [5.74, 6) is -0.233. The zero-order chi connectivity index (χ0) is 11.4. The first-order valence-corrected chi connectivity index (χ1v) is 5.56. The Morgan fingerprint density at radius 1 is 1.60 bits per heavy atom. The zero-order valence-corrected chi connectivity index (χ0v) is 9.79. The number of alkyl halides is 1. The van der Waals surface area contributed by atoms with Crippen molar-refractivity contribution >= 4 is 23.5 Å². The van der Waals surface area contributed by atoms with Gasteiger partial charge in [-0.25, -0.2) is 0 Å². The smallest absolute Gasteiger partial charge is 0.310 e. The van der Waals surface area contributed by atoms with Gasteiger partial charge in [0, 0.05) is 24.9 Å². The Morgan fingerprint density at radius 2 is 2.27 bits per heavy atom. The summed E-state index contributed by atoms with van der Waals surface area (Å²) in [4.78, 5) is 24.6. The maximum Gasteiger partial charge on any atom is 0.310 e. The summed E-state index contributed by atoms with van der Waals surface area (Å²) in [6.45, 7) is 2.88. The minimum absolute atomic E-state index is 0.0244. The van der Waals surface area contributed by atoms with Crippen molar-refractivity contribution in [3.05, 3.63) is 0 Å². The number of ether oxygens (including phenoxy) is 1. The van der Waals surface area contributed by atoms with E-state index in [2.05, 4.69) is 4.74 Å². The molecule has 1 saturated heterocycles. The number of carbonyl (C=O) groups is 2. The van der Waals surface area contributed by atoms with Gasteiger partial charge in [0.05, 0.1) is 13.0 Å². The van der Waals surface area contributed by atoms with Gasteiger partial charge in [0.2, 0.25) is 5.91 Å². The van der Waals surface area contributed by atoms with Crippen molar-refractivity contribution in [3.63, 3.8) is 0 Å². The van der Waals surface area contributed by atoms with Crippen LogP contribution in [0.5, 0.6) is 0 Å². The van der Waals surface area contributed by atoms with Gasteiger partial charge in [0.25, 0.3) is 0 Å². The highest BCUT2D eigenvalue weighted by molar-refractivity contribution is 6.19. The molecule has 0 aromatic heterocycles. The molecular weight excluding hydrogens is 218 g/mol. The van der Waals surface area contributed by atoms with Crippen LogP contribution in [0.3, 0.4) is 0 Å². The first kappa shape index (κ1) is 12.3. The molecule has 1 rings (SSSR count). The highest BCUT2D eigenvalue weighted by atomic mass is 35.5. The number of nitrogens with zero attached hydrogens (tertiary/aromatic N) is 1. The molecule has 0 aromatic rings. The average Bonchev–Trinajstić information content (AvgIpc) is 2.75. The fraction of sp³-hybridized carbons (Fsp3) is 0.800. The number of likely N-dealkylation sites (tertiary alicyclic amines) is 1. The second kappa shape index (κ2) is 5.35. The Labute approximate surface area is 94.5 Å². The van der Waals surface area contributed by atoms with Crippen LogP contribution in [0.25, 0.3) is 0 Å². The first-order chi connectivity index (χ1) is 7.10. The molecule has 2 unspecified atom stereocenters. The van der Waals surface area contributed by atoms with Gasteiger partial charge in [-0.15, -0.1) is 11.6 Å². The lowest BCUT2D eigenvalue weighted by atomic mass is 10.1. The van der Waals surface area contributed by atoms with Crippen molar-refractivity contribution in [2.75, 3.05) is 26.1 Å². The summed E-state index contributed by atoms with van der Waals surface area (Å²) >= 11 is 5.61. The predicted octanol–water partition coefficient (Wildman–Crippen LogP) is 0.883. The molecule has 1 aliphatic heterocycles. The molecular formula is C10H16ClNO3. The third-order valence-corrected chi connectivity index (χ3v) is 3.15. The van der Waals surface area contributed by atoms with E-state index in [-0.39, 0.29) is 23.7 Å². The van der Waals surface area contributed by atoms with Crippen molar-refractivity contribution in [2.24, 2.45) is 11.8 Å². The van der Waals surface area contributed by atoms with Crippen LogP contribution >= 0.6 is 11.6 Å². The molecule has 0 aliphatic carbocycles. The molecule has 0 saturated carbocycles. The molecule has 2 atom stereocenters. The SMILES string of the molecule is COC(=O)C1CCN(C(=O)C(C)CCl)C1. The van der Waals surface area contributed by atoms with Crippen molar-refractivity contribution in [3.8, 4) is 0 Å². The summed E-state index contributed by atoms with van der Waals surface area (Å²) in [6, 6.07) is 0. The Balaban J connectivity index is 2.49. The molecule has 0 spiro atoms. The van der Waals surface area contributed by atoms with Crippen LogP contribution in [-0.4, -0.2) is 42.9 Å². The van der Waals surface area contributed by atoms with Gasteiger partial charge >= 0.3 is 5.97 Å². The van der Waals surface area contributed by atoms with E-state index in [1.165, 1.54) is 7.11 Å².